The van der Waals surface area contributed by atoms with Gasteiger partial charge in [-0.3, -0.25) is 14.8 Å². The molecular weight excluding hydrogens is 324 g/mol. The summed E-state index contributed by atoms with van der Waals surface area (Å²) in [7, 11) is -4.09. The molecule has 8 heteroatoms. The average molecular weight is 336 g/mol. The van der Waals surface area contributed by atoms with Crippen molar-refractivity contribution in [1.82, 2.24) is 4.72 Å². The Morgan fingerprint density at radius 1 is 1.09 bits per heavy atom. The van der Waals surface area contributed by atoms with Crippen molar-refractivity contribution >= 4 is 32.9 Å². The summed E-state index contributed by atoms with van der Waals surface area (Å²) in [4.78, 5) is 9.85. The van der Waals surface area contributed by atoms with Crippen molar-refractivity contribution < 1.29 is 13.3 Å². The van der Waals surface area contributed by atoms with E-state index in [1.54, 1.807) is 0 Å². The van der Waals surface area contributed by atoms with Gasteiger partial charge in [0.25, 0.3) is 15.7 Å². The molecule has 0 amide bonds. The Kier molecular flexibility index (Phi) is 4.84. The Morgan fingerprint density at radius 2 is 1.68 bits per heavy atom. The molecule has 6 nitrogen and oxygen atoms in total. The van der Waals surface area contributed by atoms with Gasteiger partial charge in [0.2, 0.25) is 0 Å². The summed E-state index contributed by atoms with van der Waals surface area (Å²) in [6.45, 7) is 0. The summed E-state index contributed by atoms with van der Waals surface area (Å²) in [6.07, 6.45) is 0.232. The zero-order chi connectivity index (χ0) is 16.2. The molecule has 0 unspecified atom stereocenters. The minimum absolute atomic E-state index is 0.0735. The zero-order valence-electron chi connectivity index (χ0n) is 11.3. The summed E-state index contributed by atoms with van der Waals surface area (Å²) < 4.78 is 26.7. The predicted octanol–water partition coefficient (Wildman–Crippen LogP) is 2.44. The lowest BCUT2D eigenvalue weighted by molar-refractivity contribution is -0.387. The van der Waals surface area contributed by atoms with E-state index in [-0.39, 0.29) is 11.4 Å². The van der Waals surface area contributed by atoms with Crippen LogP contribution in [0.3, 0.4) is 0 Å². The second-order valence-corrected chi connectivity index (χ2v) is 6.56. The maximum Gasteiger partial charge on any atom is 0.289 e. The Bertz CT molecular complexity index is 805. The van der Waals surface area contributed by atoms with Gasteiger partial charge in [-0.1, -0.05) is 54.7 Å². The molecule has 0 aliphatic rings. The molecule has 0 aliphatic heterocycles. The molecule has 2 aromatic rings. The first-order valence-electron chi connectivity index (χ1n) is 6.23. The van der Waals surface area contributed by atoms with Crippen LogP contribution in [-0.2, 0) is 16.4 Å². The highest BCUT2D eigenvalue weighted by atomic mass is 32.2. The van der Waals surface area contributed by atoms with Crippen LogP contribution in [0.2, 0.25) is 0 Å². The number of rotatable bonds is 5. The lowest BCUT2D eigenvalue weighted by atomic mass is 10.2. The third kappa shape index (κ3) is 3.86. The number of nitrogens with zero attached hydrogens (tertiary/aromatic N) is 1. The van der Waals surface area contributed by atoms with E-state index in [0.29, 0.717) is 0 Å². The third-order valence-electron chi connectivity index (χ3n) is 2.81. The predicted molar refractivity (Wildman–Crippen MR) is 86.2 cm³/mol. The molecule has 0 atom stereocenters. The van der Waals surface area contributed by atoms with Gasteiger partial charge in [-0.05, 0) is 11.6 Å². The smallest absolute Gasteiger partial charge is 0.273 e. The van der Waals surface area contributed by atoms with Gasteiger partial charge in [0.15, 0.2) is 4.90 Å². The number of nitrogens with one attached hydrogen (secondary N) is 1. The number of hydrogen-bond donors (Lipinski definition) is 1. The lowest BCUT2D eigenvalue weighted by Crippen LogP contribution is -2.30. The van der Waals surface area contributed by atoms with E-state index in [0.717, 1.165) is 11.6 Å². The van der Waals surface area contributed by atoms with Crippen molar-refractivity contribution in [1.29, 1.82) is 0 Å². The van der Waals surface area contributed by atoms with Gasteiger partial charge in [-0.15, -0.1) is 0 Å². The van der Waals surface area contributed by atoms with Crippen LogP contribution in [0.25, 0.3) is 0 Å². The van der Waals surface area contributed by atoms with Gasteiger partial charge < -0.3 is 0 Å². The molecule has 0 aliphatic carbocycles. The van der Waals surface area contributed by atoms with E-state index in [9.17, 15) is 18.5 Å². The topological polar surface area (TPSA) is 89.3 Å². The standard InChI is InChI=1S/C14H12N2O4S2/c17-16(18)12-8-4-5-9-13(12)22(19,20)15-14(21)10-11-6-2-1-3-7-11/h1-9H,10H2,(H,15,21). The molecule has 0 saturated carbocycles. The summed E-state index contributed by atoms with van der Waals surface area (Å²) in [5, 5.41) is 10.9. The van der Waals surface area contributed by atoms with E-state index in [1.807, 2.05) is 30.3 Å². The Balaban J connectivity index is 2.21. The van der Waals surface area contributed by atoms with Gasteiger partial charge in [0.05, 0.1) is 9.91 Å². The van der Waals surface area contributed by atoms with Crippen LogP contribution in [0.1, 0.15) is 5.56 Å². The second kappa shape index (κ2) is 6.63. The Hall–Kier alpha value is -2.32. The van der Waals surface area contributed by atoms with Crippen molar-refractivity contribution in [2.75, 3.05) is 0 Å². The summed E-state index contributed by atoms with van der Waals surface area (Å²) in [6, 6.07) is 14.2. The van der Waals surface area contributed by atoms with E-state index in [2.05, 4.69) is 4.72 Å². The average Bonchev–Trinajstić information content (AvgIpc) is 2.47. The fraction of sp³-hybridized carbons (Fsp3) is 0.0714. The van der Waals surface area contributed by atoms with Gasteiger partial charge in [-0.25, -0.2) is 8.42 Å². The summed E-state index contributed by atoms with van der Waals surface area (Å²) in [5.41, 5.74) is 0.357. The van der Waals surface area contributed by atoms with Gasteiger partial charge in [-0.2, -0.15) is 0 Å². The van der Waals surface area contributed by atoms with E-state index in [4.69, 9.17) is 12.2 Å². The van der Waals surface area contributed by atoms with Crippen molar-refractivity contribution in [3.63, 3.8) is 0 Å². The van der Waals surface area contributed by atoms with E-state index >= 15 is 0 Å². The molecule has 0 aromatic heterocycles. The minimum atomic E-state index is -4.09. The third-order valence-corrected chi connectivity index (χ3v) is 4.62. The molecule has 0 saturated heterocycles. The number of thiocarbonyl (C=S) groups is 1. The highest BCUT2D eigenvalue weighted by Crippen LogP contribution is 2.22. The van der Waals surface area contributed by atoms with E-state index in [1.165, 1.54) is 18.2 Å². The van der Waals surface area contributed by atoms with E-state index < -0.39 is 25.5 Å². The summed E-state index contributed by atoms with van der Waals surface area (Å²) >= 11 is 5.03. The number of sulfonamides is 1. The molecule has 0 radical (unpaired) electrons. The molecule has 22 heavy (non-hydrogen) atoms. The SMILES string of the molecule is O=[N+]([O-])c1ccccc1S(=O)(=O)NC(=S)Cc1ccccc1. The normalized spacial score (nSPS) is 10.9. The second-order valence-electron chi connectivity index (χ2n) is 4.42. The molecule has 0 fully saturated rings. The molecule has 0 spiro atoms. The minimum Gasteiger partial charge on any atom is -0.273 e. The summed E-state index contributed by atoms with van der Waals surface area (Å²) in [5.74, 6) is 0. The fourth-order valence-electron chi connectivity index (χ4n) is 1.86. The number of benzene rings is 2. The van der Waals surface area contributed by atoms with Crippen molar-refractivity contribution in [2.45, 2.75) is 11.3 Å². The number of nitro benzene ring substituents is 1. The molecule has 0 heterocycles. The monoisotopic (exact) mass is 336 g/mol. The van der Waals surface area contributed by atoms with Crippen LogP contribution in [0.4, 0.5) is 5.69 Å². The lowest BCUT2D eigenvalue weighted by Gasteiger charge is -2.09. The number of hydrogen-bond acceptors (Lipinski definition) is 5. The van der Waals surface area contributed by atoms with Gasteiger partial charge in [0.1, 0.15) is 0 Å². The highest BCUT2D eigenvalue weighted by molar-refractivity contribution is 7.92. The first kappa shape index (κ1) is 16.1. The van der Waals surface area contributed by atoms with Crippen LogP contribution in [0.15, 0.2) is 59.5 Å². The van der Waals surface area contributed by atoms with Crippen molar-refractivity contribution in [2.24, 2.45) is 0 Å². The fourth-order valence-corrected chi connectivity index (χ4v) is 3.51. The largest absolute Gasteiger partial charge is 0.289 e. The van der Waals surface area contributed by atoms with Crippen molar-refractivity contribution in [3.05, 3.63) is 70.3 Å². The van der Waals surface area contributed by atoms with Crippen LogP contribution >= 0.6 is 12.2 Å². The molecule has 2 aromatic carbocycles. The van der Waals surface area contributed by atoms with Crippen molar-refractivity contribution in [3.8, 4) is 0 Å². The first-order chi connectivity index (χ1) is 10.4. The zero-order valence-corrected chi connectivity index (χ0v) is 12.9. The van der Waals surface area contributed by atoms with Crippen LogP contribution in [0.5, 0.6) is 0 Å². The molecule has 0 bridgehead atoms. The molecule has 114 valence electrons. The number of nitro groups is 1. The Morgan fingerprint density at radius 3 is 2.32 bits per heavy atom. The molecular formula is C14H12N2O4S2. The van der Waals surface area contributed by atoms with Crippen LogP contribution in [0, 0.1) is 10.1 Å². The Labute approximate surface area is 133 Å². The highest BCUT2D eigenvalue weighted by Gasteiger charge is 2.25. The first-order valence-corrected chi connectivity index (χ1v) is 8.12. The quantitative estimate of drug-likeness (QED) is 0.514. The van der Waals surface area contributed by atoms with Gasteiger partial charge in [0, 0.05) is 12.5 Å². The van der Waals surface area contributed by atoms with Crippen LogP contribution in [-0.4, -0.2) is 18.3 Å². The number of para-hydroxylation sites is 1. The van der Waals surface area contributed by atoms with Gasteiger partial charge >= 0.3 is 0 Å². The maximum atomic E-state index is 12.3. The molecule has 2 rings (SSSR count). The van der Waals surface area contributed by atoms with Crippen LogP contribution < -0.4 is 4.72 Å². The molecule has 1 N–H and O–H groups in total. The maximum absolute atomic E-state index is 12.3.